The highest BCUT2D eigenvalue weighted by atomic mass is 16.1. The maximum atomic E-state index is 11.0. The van der Waals surface area contributed by atoms with Crippen molar-refractivity contribution in [1.29, 1.82) is 0 Å². The number of aryl methyl sites for hydroxylation is 2. The third-order valence-electron chi connectivity index (χ3n) is 2.53. The van der Waals surface area contributed by atoms with Crippen molar-refractivity contribution in [2.24, 2.45) is 0 Å². The van der Waals surface area contributed by atoms with Gasteiger partial charge in [-0.25, -0.2) is 0 Å². The van der Waals surface area contributed by atoms with Gasteiger partial charge in [0.2, 0.25) is 5.91 Å². The summed E-state index contributed by atoms with van der Waals surface area (Å²) in [6.45, 7) is 3.95. The fourth-order valence-electron chi connectivity index (χ4n) is 1.90. The Morgan fingerprint density at radius 1 is 1.46 bits per heavy atom. The molecule has 1 saturated heterocycles. The molecule has 1 amide bonds. The summed E-state index contributed by atoms with van der Waals surface area (Å²) in [7, 11) is 0. The van der Waals surface area contributed by atoms with Gasteiger partial charge in [-0.05, 0) is 20.3 Å². The fraction of sp³-hybridized carbons (Fsp3) is 0.556. The van der Waals surface area contributed by atoms with E-state index in [1.807, 2.05) is 13.8 Å². The second-order valence-corrected chi connectivity index (χ2v) is 3.51. The maximum absolute atomic E-state index is 11.0. The molecule has 0 spiro atoms. The lowest BCUT2D eigenvalue weighted by Gasteiger charge is -2.09. The summed E-state index contributed by atoms with van der Waals surface area (Å²) in [5.41, 5.74) is 3.21. The van der Waals surface area contributed by atoms with Gasteiger partial charge in [-0.1, -0.05) is 0 Å². The van der Waals surface area contributed by atoms with Crippen LogP contribution in [0.3, 0.4) is 0 Å². The van der Waals surface area contributed by atoms with E-state index in [1.165, 1.54) is 0 Å². The predicted molar refractivity (Wildman–Crippen MR) is 48.2 cm³/mol. The molecule has 2 heterocycles. The molecule has 2 rings (SSSR count). The van der Waals surface area contributed by atoms with Crippen molar-refractivity contribution >= 4 is 5.91 Å². The summed E-state index contributed by atoms with van der Waals surface area (Å²) in [4.78, 5) is 11.0. The van der Waals surface area contributed by atoms with E-state index in [2.05, 4.69) is 15.5 Å². The van der Waals surface area contributed by atoms with E-state index in [1.54, 1.807) is 0 Å². The van der Waals surface area contributed by atoms with Gasteiger partial charge in [0.1, 0.15) is 0 Å². The molecular formula is C9H13N3O. The summed E-state index contributed by atoms with van der Waals surface area (Å²) in [5.74, 6) is 0.144. The Kier molecular flexibility index (Phi) is 1.83. The lowest BCUT2D eigenvalue weighted by molar-refractivity contribution is -0.119. The molecule has 13 heavy (non-hydrogen) atoms. The van der Waals surface area contributed by atoms with Gasteiger partial charge in [-0.15, -0.1) is 0 Å². The Morgan fingerprint density at radius 3 is 2.69 bits per heavy atom. The van der Waals surface area contributed by atoms with Gasteiger partial charge in [0.05, 0.1) is 11.7 Å². The molecule has 1 aliphatic heterocycles. The number of H-pyrrole nitrogens is 1. The van der Waals surface area contributed by atoms with E-state index in [4.69, 9.17) is 0 Å². The summed E-state index contributed by atoms with van der Waals surface area (Å²) in [5, 5.41) is 9.98. The van der Waals surface area contributed by atoms with Crippen LogP contribution in [0.1, 0.15) is 35.8 Å². The first kappa shape index (κ1) is 8.29. The third kappa shape index (κ3) is 1.32. The number of hydrogen-bond acceptors (Lipinski definition) is 2. The second kappa shape index (κ2) is 2.87. The molecule has 4 nitrogen and oxygen atoms in total. The molecule has 0 bridgehead atoms. The molecule has 2 N–H and O–H groups in total. The average molecular weight is 179 g/mol. The largest absolute Gasteiger partial charge is 0.349 e. The fourth-order valence-corrected chi connectivity index (χ4v) is 1.90. The van der Waals surface area contributed by atoms with Crippen molar-refractivity contribution in [2.75, 3.05) is 0 Å². The normalized spacial score (nSPS) is 22.0. The molecule has 1 aromatic heterocycles. The van der Waals surface area contributed by atoms with E-state index in [0.29, 0.717) is 6.42 Å². The van der Waals surface area contributed by atoms with Crippen LogP contribution >= 0.6 is 0 Å². The molecule has 0 aromatic carbocycles. The highest BCUT2D eigenvalue weighted by Crippen LogP contribution is 2.27. The Hall–Kier alpha value is -1.32. The van der Waals surface area contributed by atoms with Crippen LogP contribution in [0.5, 0.6) is 0 Å². The highest BCUT2D eigenvalue weighted by Gasteiger charge is 2.26. The van der Waals surface area contributed by atoms with Crippen LogP contribution in [-0.4, -0.2) is 16.1 Å². The number of nitrogens with zero attached hydrogens (tertiary/aromatic N) is 1. The van der Waals surface area contributed by atoms with Gasteiger partial charge in [-0.3, -0.25) is 9.89 Å². The Labute approximate surface area is 76.7 Å². The van der Waals surface area contributed by atoms with Gasteiger partial charge < -0.3 is 5.32 Å². The number of carbonyl (C=O) groups is 1. The van der Waals surface area contributed by atoms with Crippen LogP contribution in [0.2, 0.25) is 0 Å². The Morgan fingerprint density at radius 2 is 2.23 bits per heavy atom. The van der Waals surface area contributed by atoms with Crippen molar-refractivity contribution in [3.63, 3.8) is 0 Å². The van der Waals surface area contributed by atoms with Crippen molar-refractivity contribution in [1.82, 2.24) is 15.5 Å². The van der Waals surface area contributed by atoms with Crippen LogP contribution in [0.4, 0.5) is 0 Å². The number of carbonyl (C=O) groups excluding carboxylic acids is 1. The first-order chi connectivity index (χ1) is 6.18. The standard InChI is InChI=1S/C9H13N3O/c1-5-9(6(2)12-11-5)7-3-4-8(13)10-7/h7H,3-4H2,1-2H3,(H,10,13)(H,11,12)/t7-/m1/s1. The van der Waals surface area contributed by atoms with Crippen LogP contribution in [-0.2, 0) is 4.79 Å². The molecule has 1 aromatic rings. The first-order valence-electron chi connectivity index (χ1n) is 4.49. The number of amides is 1. The van der Waals surface area contributed by atoms with Gasteiger partial charge in [0.25, 0.3) is 0 Å². The molecule has 1 aliphatic rings. The zero-order valence-electron chi connectivity index (χ0n) is 7.85. The minimum atomic E-state index is 0.144. The van der Waals surface area contributed by atoms with Crippen LogP contribution < -0.4 is 5.32 Å². The molecular weight excluding hydrogens is 166 g/mol. The topological polar surface area (TPSA) is 57.8 Å². The molecule has 0 aliphatic carbocycles. The van der Waals surface area contributed by atoms with E-state index in [9.17, 15) is 4.79 Å². The zero-order chi connectivity index (χ0) is 9.42. The Bertz CT molecular complexity index is 323. The highest BCUT2D eigenvalue weighted by molar-refractivity contribution is 5.78. The van der Waals surface area contributed by atoms with Crippen LogP contribution in [0, 0.1) is 13.8 Å². The lowest BCUT2D eigenvalue weighted by atomic mass is 10.0. The average Bonchev–Trinajstić information content (AvgIpc) is 2.60. The summed E-state index contributed by atoms with van der Waals surface area (Å²) >= 11 is 0. The SMILES string of the molecule is Cc1n[nH]c(C)c1[C@H]1CCC(=O)N1. The molecule has 70 valence electrons. The van der Waals surface area contributed by atoms with Crippen LogP contribution in [0.25, 0.3) is 0 Å². The monoisotopic (exact) mass is 179 g/mol. The van der Waals surface area contributed by atoms with Gasteiger partial charge in [0, 0.05) is 17.7 Å². The number of hydrogen-bond donors (Lipinski definition) is 2. The number of nitrogens with one attached hydrogen (secondary N) is 2. The first-order valence-corrected chi connectivity index (χ1v) is 4.49. The number of rotatable bonds is 1. The van der Waals surface area contributed by atoms with Crippen molar-refractivity contribution in [3.05, 3.63) is 17.0 Å². The minimum absolute atomic E-state index is 0.144. The molecule has 0 unspecified atom stereocenters. The predicted octanol–water partition coefficient (Wildman–Crippen LogP) is 0.978. The van der Waals surface area contributed by atoms with Crippen molar-refractivity contribution < 1.29 is 4.79 Å². The number of aromatic nitrogens is 2. The van der Waals surface area contributed by atoms with Crippen molar-refractivity contribution in [3.8, 4) is 0 Å². The van der Waals surface area contributed by atoms with E-state index >= 15 is 0 Å². The molecule has 0 saturated carbocycles. The lowest BCUT2D eigenvalue weighted by Crippen LogP contribution is -2.19. The van der Waals surface area contributed by atoms with Gasteiger partial charge in [0.15, 0.2) is 0 Å². The quantitative estimate of drug-likeness (QED) is 0.675. The summed E-state index contributed by atoms with van der Waals surface area (Å²) < 4.78 is 0. The number of aromatic amines is 1. The third-order valence-corrected chi connectivity index (χ3v) is 2.53. The molecule has 4 heteroatoms. The second-order valence-electron chi connectivity index (χ2n) is 3.51. The van der Waals surface area contributed by atoms with E-state index in [-0.39, 0.29) is 11.9 Å². The summed E-state index contributed by atoms with van der Waals surface area (Å²) in [6.07, 6.45) is 1.52. The smallest absolute Gasteiger partial charge is 0.220 e. The minimum Gasteiger partial charge on any atom is -0.349 e. The van der Waals surface area contributed by atoms with Crippen LogP contribution in [0.15, 0.2) is 0 Å². The maximum Gasteiger partial charge on any atom is 0.220 e. The van der Waals surface area contributed by atoms with Crippen molar-refractivity contribution in [2.45, 2.75) is 32.7 Å². The van der Waals surface area contributed by atoms with E-state index in [0.717, 1.165) is 23.4 Å². The molecule has 0 radical (unpaired) electrons. The Balaban J connectivity index is 2.30. The molecule has 1 atom stereocenters. The molecule has 1 fully saturated rings. The summed E-state index contributed by atoms with van der Waals surface area (Å²) in [6, 6.07) is 0.172. The zero-order valence-corrected chi connectivity index (χ0v) is 7.85. The van der Waals surface area contributed by atoms with E-state index < -0.39 is 0 Å². The van der Waals surface area contributed by atoms with Gasteiger partial charge >= 0.3 is 0 Å². The van der Waals surface area contributed by atoms with Gasteiger partial charge in [-0.2, -0.15) is 5.10 Å².